The first kappa shape index (κ1) is 15.1. The van der Waals surface area contributed by atoms with Crippen LogP contribution in [0.3, 0.4) is 0 Å². The van der Waals surface area contributed by atoms with Gasteiger partial charge in [-0.1, -0.05) is 17.7 Å². The van der Waals surface area contributed by atoms with E-state index in [2.05, 4.69) is 26.3 Å². The molecular weight excluding hydrogens is 300 g/mol. The summed E-state index contributed by atoms with van der Waals surface area (Å²) in [5, 5.41) is 4.00. The Balaban J connectivity index is 1.84. The molecule has 22 heavy (non-hydrogen) atoms. The van der Waals surface area contributed by atoms with Gasteiger partial charge in [-0.2, -0.15) is 4.98 Å². The summed E-state index contributed by atoms with van der Waals surface area (Å²) in [6.45, 7) is 7.12. The molecule has 3 rings (SSSR count). The summed E-state index contributed by atoms with van der Waals surface area (Å²) >= 11 is 6.34. The van der Waals surface area contributed by atoms with Gasteiger partial charge in [0.2, 0.25) is 5.95 Å². The lowest BCUT2D eigenvalue weighted by Crippen LogP contribution is -2.37. The highest BCUT2D eigenvalue weighted by atomic mass is 35.5. The molecule has 0 spiro atoms. The fourth-order valence-electron chi connectivity index (χ4n) is 2.54. The molecule has 2 heterocycles. The number of morpholine rings is 1. The average Bonchev–Trinajstić information content (AvgIpc) is 2.52. The molecule has 1 saturated heterocycles. The van der Waals surface area contributed by atoms with E-state index in [0.717, 1.165) is 35.7 Å². The standard InChI is InChI=1S/C16H19ClN4O/c1-11-9-12(2)15(13(17)10-11)19-14-3-4-18-16(20-14)21-5-7-22-8-6-21/h3-4,9-10H,5-8H2,1-2H3,(H,18,19,20). The van der Waals surface area contributed by atoms with E-state index < -0.39 is 0 Å². The molecule has 1 aromatic heterocycles. The van der Waals surface area contributed by atoms with Crippen LogP contribution in [0.2, 0.25) is 5.02 Å². The van der Waals surface area contributed by atoms with Gasteiger partial charge in [-0.3, -0.25) is 0 Å². The number of rotatable bonds is 3. The minimum Gasteiger partial charge on any atom is -0.378 e. The average molecular weight is 319 g/mol. The number of anilines is 3. The maximum atomic E-state index is 6.34. The molecule has 0 radical (unpaired) electrons. The van der Waals surface area contributed by atoms with E-state index in [4.69, 9.17) is 16.3 Å². The number of ether oxygens (including phenoxy) is 1. The van der Waals surface area contributed by atoms with E-state index >= 15 is 0 Å². The molecular formula is C16H19ClN4O. The Morgan fingerprint density at radius 3 is 2.73 bits per heavy atom. The number of nitrogens with one attached hydrogen (secondary N) is 1. The maximum Gasteiger partial charge on any atom is 0.227 e. The van der Waals surface area contributed by atoms with Crippen molar-refractivity contribution in [3.05, 3.63) is 40.5 Å². The van der Waals surface area contributed by atoms with Crippen molar-refractivity contribution in [3.63, 3.8) is 0 Å². The quantitative estimate of drug-likeness (QED) is 0.940. The Kier molecular flexibility index (Phi) is 4.45. The molecule has 6 heteroatoms. The SMILES string of the molecule is Cc1cc(C)c(Nc2ccnc(N3CCOCC3)n2)c(Cl)c1. The maximum absolute atomic E-state index is 6.34. The lowest BCUT2D eigenvalue weighted by molar-refractivity contribution is 0.122. The van der Waals surface area contributed by atoms with E-state index in [-0.39, 0.29) is 0 Å². The summed E-state index contributed by atoms with van der Waals surface area (Å²) in [7, 11) is 0. The van der Waals surface area contributed by atoms with Crippen molar-refractivity contribution >= 4 is 29.1 Å². The molecule has 5 nitrogen and oxygen atoms in total. The Bertz CT molecular complexity index is 648. The fourth-order valence-corrected chi connectivity index (χ4v) is 2.90. The lowest BCUT2D eigenvalue weighted by atomic mass is 10.1. The second kappa shape index (κ2) is 6.50. The predicted molar refractivity (Wildman–Crippen MR) is 89.3 cm³/mol. The van der Waals surface area contributed by atoms with Gasteiger partial charge in [0.1, 0.15) is 5.82 Å². The number of halogens is 1. The number of nitrogens with zero attached hydrogens (tertiary/aromatic N) is 3. The Morgan fingerprint density at radius 1 is 1.23 bits per heavy atom. The summed E-state index contributed by atoms with van der Waals surface area (Å²) in [6, 6.07) is 5.89. The number of hydrogen-bond acceptors (Lipinski definition) is 5. The van der Waals surface area contributed by atoms with Gasteiger partial charge >= 0.3 is 0 Å². The number of aromatic nitrogens is 2. The molecule has 0 aliphatic carbocycles. The topological polar surface area (TPSA) is 50.3 Å². The van der Waals surface area contributed by atoms with Crippen molar-refractivity contribution in [2.75, 3.05) is 36.5 Å². The van der Waals surface area contributed by atoms with Crippen LogP contribution in [0.1, 0.15) is 11.1 Å². The van der Waals surface area contributed by atoms with Gasteiger partial charge in [0.25, 0.3) is 0 Å². The summed E-state index contributed by atoms with van der Waals surface area (Å²) in [5.41, 5.74) is 3.13. The Labute approximate surface area is 135 Å². The van der Waals surface area contributed by atoms with Gasteiger partial charge in [-0.25, -0.2) is 4.98 Å². The van der Waals surface area contributed by atoms with Gasteiger partial charge in [0.15, 0.2) is 0 Å². The molecule has 1 aliphatic heterocycles. The Morgan fingerprint density at radius 2 is 2.00 bits per heavy atom. The van der Waals surface area contributed by atoms with E-state index in [0.29, 0.717) is 24.2 Å². The zero-order chi connectivity index (χ0) is 15.5. The number of benzene rings is 1. The van der Waals surface area contributed by atoms with Crippen LogP contribution < -0.4 is 10.2 Å². The minimum atomic E-state index is 0.698. The smallest absolute Gasteiger partial charge is 0.227 e. The summed E-state index contributed by atoms with van der Waals surface area (Å²) < 4.78 is 5.36. The van der Waals surface area contributed by atoms with Crippen molar-refractivity contribution in [1.29, 1.82) is 0 Å². The predicted octanol–water partition coefficient (Wildman–Crippen LogP) is 3.33. The van der Waals surface area contributed by atoms with Crippen molar-refractivity contribution in [2.45, 2.75) is 13.8 Å². The first-order valence-electron chi connectivity index (χ1n) is 7.33. The third-order valence-corrected chi connectivity index (χ3v) is 3.92. The highest BCUT2D eigenvalue weighted by Crippen LogP contribution is 2.30. The molecule has 1 fully saturated rings. The zero-order valence-corrected chi connectivity index (χ0v) is 13.5. The van der Waals surface area contributed by atoms with Crippen molar-refractivity contribution in [3.8, 4) is 0 Å². The van der Waals surface area contributed by atoms with Crippen molar-refractivity contribution < 1.29 is 4.74 Å². The van der Waals surface area contributed by atoms with Gasteiger partial charge in [-0.05, 0) is 37.1 Å². The second-order valence-corrected chi connectivity index (χ2v) is 5.81. The highest BCUT2D eigenvalue weighted by Gasteiger charge is 2.14. The second-order valence-electron chi connectivity index (χ2n) is 5.40. The van der Waals surface area contributed by atoms with Gasteiger partial charge in [0.05, 0.1) is 23.9 Å². The molecule has 0 atom stereocenters. The van der Waals surface area contributed by atoms with Gasteiger partial charge < -0.3 is 15.0 Å². The van der Waals surface area contributed by atoms with Gasteiger partial charge in [0, 0.05) is 19.3 Å². The van der Waals surface area contributed by atoms with E-state index in [9.17, 15) is 0 Å². The molecule has 0 saturated carbocycles. The monoisotopic (exact) mass is 318 g/mol. The van der Waals surface area contributed by atoms with Crippen LogP contribution in [0, 0.1) is 13.8 Å². The van der Waals surface area contributed by atoms with Crippen LogP contribution in [0.5, 0.6) is 0 Å². The highest BCUT2D eigenvalue weighted by molar-refractivity contribution is 6.33. The molecule has 116 valence electrons. The van der Waals surface area contributed by atoms with Crippen LogP contribution in [-0.2, 0) is 4.74 Å². The normalized spacial score (nSPS) is 15.0. The molecule has 1 aromatic carbocycles. The van der Waals surface area contributed by atoms with E-state index in [1.807, 2.05) is 26.0 Å². The zero-order valence-electron chi connectivity index (χ0n) is 12.8. The Hall–Kier alpha value is -1.85. The van der Waals surface area contributed by atoms with Crippen LogP contribution in [0.25, 0.3) is 0 Å². The van der Waals surface area contributed by atoms with Crippen LogP contribution >= 0.6 is 11.6 Å². The van der Waals surface area contributed by atoms with Gasteiger partial charge in [-0.15, -0.1) is 0 Å². The van der Waals surface area contributed by atoms with Crippen molar-refractivity contribution in [1.82, 2.24) is 9.97 Å². The van der Waals surface area contributed by atoms with Crippen molar-refractivity contribution in [2.24, 2.45) is 0 Å². The van der Waals surface area contributed by atoms with Crippen LogP contribution in [0.15, 0.2) is 24.4 Å². The lowest BCUT2D eigenvalue weighted by Gasteiger charge is -2.26. The van der Waals surface area contributed by atoms with E-state index in [1.165, 1.54) is 0 Å². The molecule has 0 bridgehead atoms. The van der Waals surface area contributed by atoms with E-state index in [1.54, 1.807) is 6.20 Å². The number of aryl methyl sites for hydroxylation is 2. The largest absolute Gasteiger partial charge is 0.378 e. The molecule has 0 unspecified atom stereocenters. The minimum absolute atomic E-state index is 0.698. The fraction of sp³-hybridized carbons (Fsp3) is 0.375. The molecule has 1 aliphatic rings. The molecule has 1 N–H and O–H groups in total. The first-order chi connectivity index (χ1) is 10.6. The third kappa shape index (κ3) is 3.31. The summed E-state index contributed by atoms with van der Waals surface area (Å²) in [4.78, 5) is 11.1. The number of hydrogen-bond donors (Lipinski definition) is 1. The van der Waals surface area contributed by atoms with Crippen LogP contribution in [-0.4, -0.2) is 36.3 Å². The first-order valence-corrected chi connectivity index (χ1v) is 7.71. The summed E-state index contributed by atoms with van der Waals surface area (Å²) in [6.07, 6.45) is 1.76. The molecule has 2 aromatic rings. The third-order valence-electron chi connectivity index (χ3n) is 3.62. The van der Waals surface area contributed by atoms with Crippen LogP contribution in [0.4, 0.5) is 17.5 Å². The summed E-state index contributed by atoms with van der Waals surface area (Å²) in [5.74, 6) is 1.46. The molecule has 0 amide bonds.